The van der Waals surface area contributed by atoms with E-state index in [9.17, 15) is 9.59 Å². The number of carbonyl (C=O) groups excluding carboxylic acids is 2. The average Bonchev–Trinajstić information content (AvgIpc) is 2.72. The number of carbonyl (C=O) groups is 2. The maximum Gasteiger partial charge on any atom is 0.317 e. The largest absolute Gasteiger partial charge is 0.469 e. The second-order valence-electron chi connectivity index (χ2n) is 6.59. The second-order valence-corrected chi connectivity index (χ2v) is 6.59. The highest BCUT2D eigenvalue weighted by Gasteiger charge is 2.28. The van der Waals surface area contributed by atoms with Crippen LogP contribution in [0.3, 0.4) is 0 Å². The normalized spacial score (nSPS) is 20.6. The van der Waals surface area contributed by atoms with E-state index in [1.807, 2.05) is 12.1 Å². The van der Waals surface area contributed by atoms with Gasteiger partial charge in [0, 0.05) is 38.9 Å². The van der Waals surface area contributed by atoms with Crippen LogP contribution in [0, 0.1) is 5.92 Å². The topological polar surface area (TPSA) is 84.0 Å². The van der Waals surface area contributed by atoms with Crippen molar-refractivity contribution in [3.05, 3.63) is 23.9 Å². The van der Waals surface area contributed by atoms with Crippen LogP contribution in [0.1, 0.15) is 18.4 Å². The Kier molecular flexibility index (Phi) is 6.27. The summed E-state index contributed by atoms with van der Waals surface area (Å²) in [7, 11) is 1.39. The highest BCUT2D eigenvalue weighted by Crippen LogP contribution is 2.18. The molecule has 8 nitrogen and oxygen atoms in total. The Balaban J connectivity index is 1.53. The number of esters is 1. The fourth-order valence-corrected chi connectivity index (χ4v) is 3.35. The van der Waals surface area contributed by atoms with E-state index in [0.29, 0.717) is 32.8 Å². The lowest BCUT2D eigenvalue weighted by atomic mass is 9.98. The summed E-state index contributed by atoms with van der Waals surface area (Å²) in [5.41, 5.74) is 0.997. The summed E-state index contributed by atoms with van der Waals surface area (Å²) in [6.45, 7) is 4.57. The number of ether oxygens (including phenoxy) is 2. The fourth-order valence-electron chi connectivity index (χ4n) is 3.35. The van der Waals surface area contributed by atoms with Gasteiger partial charge < -0.3 is 24.6 Å². The number of methoxy groups -OCH3 is 1. The first kappa shape index (κ1) is 18.4. The van der Waals surface area contributed by atoms with Gasteiger partial charge in [0.15, 0.2) is 0 Å². The second kappa shape index (κ2) is 8.84. The van der Waals surface area contributed by atoms with Gasteiger partial charge in [0.05, 0.1) is 26.2 Å². The number of hydrogen-bond acceptors (Lipinski definition) is 6. The van der Waals surface area contributed by atoms with E-state index in [0.717, 1.165) is 37.3 Å². The first-order valence-corrected chi connectivity index (χ1v) is 9.05. The van der Waals surface area contributed by atoms with Gasteiger partial charge in [0.2, 0.25) is 0 Å². The molecule has 3 rings (SSSR count). The standard InChI is InChI=1S/C18H26N4O4/c1-25-17(23)15-3-2-6-22(13-15)18(24)20-12-14-4-5-19-16(11-14)21-7-9-26-10-8-21/h4-5,11,15H,2-3,6-10,12-13H2,1H3,(H,20,24). The number of amides is 2. The maximum atomic E-state index is 12.4. The number of likely N-dealkylation sites (tertiary alicyclic amines) is 1. The third kappa shape index (κ3) is 4.63. The van der Waals surface area contributed by atoms with Crippen molar-refractivity contribution in [1.82, 2.24) is 15.2 Å². The van der Waals surface area contributed by atoms with E-state index in [2.05, 4.69) is 15.2 Å². The van der Waals surface area contributed by atoms with Gasteiger partial charge in [-0.15, -0.1) is 0 Å². The van der Waals surface area contributed by atoms with Crippen molar-refractivity contribution < 1.29 is 19.1 Å². The Bertz CT molecular complexity index is 633. The van der Waals surface area contributed by atoms with E-state index in [4.69, 9.17) is 9.47 Å². The Morgan fingerprint density at radius 3 is 2.92 bits per heavy atom. The van der Waals surface area contributed by atoms with E-state index in [-0.39, 0.29) is 17.9 Å². The van der Waals surface area contributed by atoms with Crippen LogP contribution >= 0.6 is 0 Å². The van der Waals surface area contributed by atoms with Gasteiger partial charge in [-0.1, -0.05) is 0 Å². The molecule has 0 bridgehead atoms. The lowest BCUT2D eigenvalue weighted by Crippen LogP contribution is -2.47. The number of urea groups is 1. The lowest BCUT2D eigenvalue weighted by molar-refractivity contribution is -0.146. The molecule has 3 heterocycles. The highest BCUT2D eigenvalue weighted by atomic mass is 16.5. The number of hydrogen-bond donors (Lipinski definition) is 1. The van der Waals surface area contributed by atoms with Gasteiger partial charge in [0.1, 0.15) is 5.82 Å². The molecule has 0 aliphatic carbocycles. The number of pyridine rings is 1. The molecule has 1 aromatic rings. The van der Waals surface area contributed by atoms with Gasteiger partial charge in [-0.3, -0.25) is 4.79 Å². The van der Waals surface area contributed by atoms with Crippen molar-refractivity contribution in [2.45, 2.75) is 19.4 Å². The molecule has 2 amide bonds. The van der Waals surface area contributed by atoms with Crippen LogP contribution in [0.5, 0.6) is 0 Å². The van der Waals surface area contributed by atoms with Crippen molar-refractivity contribution in [1.29, 1.82) is 0 Å². The summed E-state index contributed by atoms with van der Waals surface area (Å²) < 4.78 is 10.2. The first-order chi connectivity index (χ1) is 12.7. The summed E-state index contributed by atoms with van der Waals surface area (Å²) in [5.74, 6) is 0.434. The number of rotatable bonds is 4. The van der Waals surface area contributed by atoms with Gasteiger partial charge in [-0.25, -0.2) is 9.78 Å². The number of nitrogens with zero attached hydrogens (tertiary/aromatic N) is 3. The van der Waals surface area contributed by atoms with Crippen LogP contribution in [0.4, 0.5) is 10.6 Å². The molecule has 2 aliphatic heterocycles. The smallest absolute Gasteiger partial charge is 0.317 e. The van der Waals surface area contributed by atoms with Crippen molar-refractivity contribution in [3.63, 3.8) is 0 Å². The van der Waals surface area contributed by atoms with Crippen LogP contribution in [0.2, 0.25) is 0 Å². The Labute approximate surface area is 153 Å². The maximum absolute atomic E-state index is 12.4. The SMILES string of the molecule is COC(=O)C1CCCN(C(=O)NCc2ccnc(N3CCOCC3)c2)C1. The minimum atomic E-state index is -0.244. The van der Waals surface area contributed by atoms with Crippen molar-refractivity contribution in [3.8, 4) is 0 Å². The minimum Gasteiger partial charge on any atom is -0.469 e. The lowest BCUT2D eigenvalue weighted by Gasteiger charge is -2.31. The molecule has 1 N–H and O–H groups in total. The molecule has 26 heavy (non-hydrogen) atoms. The van der Waals surface area contributed by atoms with Crippen molar-refractivity contribution >= 4 is 17.8 Å². The molecule has 142 valence electrons. The zero-order valence-corrected chi connectivity index (χ0v) is 15.1. The predicted octanol–water partition coefficient (Wildman–Crippen LogP) is 1.01. The van der Waals surface area contributed by atoms with Gasteiger partial charge in [0.25, 0.3) is 0 Å². The Morgan fingerprint density at radius 2 is 2.15 bits per heavy atom. The van der Waals surface area contributed by atoms with E-state index >= 15 is 0 Å². The summed E-state index contributed by atoms with van der Waals surface area (Å²) in [6, 6.07) is 3.75. The zero-order valence-electron chi connectivity index (χ0n) is 15.1. The Hall–Kier alpha value is -2.35. The number of morpholine rings is 1. The molecule has 0 aromatic carbocycles. The van der Waals surface area contributed by atoms with Gasteiger partial charge in [-0.05, 0) is 30.5 Å². The quantitative estimate of drug-likeness (QED) is 0.805. The van der Waals surface area contributed by atoms with Crippen LogP contribution < -0.4 is 10.2 Å². The molecule has 2 fully saturated rings. The number of nitrogens with one attached hydrogen (secondary N) is 1. The molecular weight excluding hydrogens is 336 g/mol. The number of piperidine rings is 1. The molecule has 1 atom stereocenters. The van der Waals surface area contributed by atoms with Crippen molar-refractivity contribution in [2.75, 3.05) is 51.4 Å². The first-order valence-electron chi connectivity index (χ1n) is 9.05. The predicted molar refractivity (Wildman–Crippen MR) is 95.8 cm³/mol. The molecule has 1 aromatic heterocycles. The van der Waals surface area contributed by atoms with Crippen LogP contribution in [0.25, 0.3) is 0 Å². The molecule has 0 saturated carbocycles. The van der Waals surface area contributed by atoms with Crippen LogP contribution in [-0.4, -0.2) is 68.4 Å². The van der Waals surface area contributed by atoms with E-state index < -0.39 is 0 Å². The molecule has 2 aliphatic rings. The van der Waals surface area contributed by atoms with Crippen molar-refractivity contribution in [2.24, 2.45) is 5.92 Å². The third-order valence-electron chi connectivity index (χ3n) is 4.83. The summed E-state index contributed by atoms with van der Waals surface area (Å²) in [4.78, 5) is 32.4. The molecule has 2 saturated heterocycles. The average molecular weight is 362 g/mol. The fraction of sp³-hybridized carbons (Fsp3) is 0.611. The molecular formula is C18H26N4O4. The minimum absolute atomic E-state index is 0.150. The number of anilines is 1. The highest BCUT2D eigenvalue weighted by molar-refractivity contribution is 5.77. The van der Waals surface area contributed by atoms with Gasteiger partial charge >= 0.3 is 12.0 Å². The Morgan fingerprint density at radius 1 is 1.35 bits per heavy atom. The monoisotopic (exact) mass is 362 g/mol. The van der Waals surface area contributed by atoms with Crippen LogP contribution in [-0.2, 0) is 20.8 Å². The summed E-state index contributed by atoms with van der Waals surface area (Å²) in [5, 5.41) is 2.94. The van der Waals surface area contributed by atoms with E-state index in [1.54, 1.807) is 11.1 Å². The molecule has 1 unspecified atom stereocenters. The van der Waals surface area contributed by atoms with E-state index in [1.165, 1.54) is 7.11 Å². The molecule has 0 radical (unpaired) electrons. The zero-order chi connectivity index (χ0) is 18.4. The van der Waals surface area contributed by atoms with Crippen LogP contribution in [0.15, 0.2) is 18.3 Å². The number of aromatic nitrogens is 1. The molecule has 0 spiro atoms. The van der Waals surface area contributed by atoms with Gasteiger partial charge in [-0.2, -0.15) is 0 Å². The summed E-state index contributed by atoms with van der Waals surface area (Å²) in [6.07, 6.45) is 3.34. The molecule has 8 heteroatoms. The third-order valence-corrected chi connectivity index (χ3v) is 4.83. The summed E-state index contributed by atoms with van der Waals surface area (Å²) >= 11 is 0.